The smallest absolute Gasteiger partial charge is 0.122 e. The predicted octanol–water partition coefficient (Wildman–Crippen LogP) is 3.38. The van der Waals surface area contributed by atoms with Gasteiger partial charge in [0.15, 0.2) is 0 Å². The molecule has 0 saturated heterocycles. The van der Waals surface area contributed by atoms with Crippen LogP contribution in [0.15, 0.2) is 18.2 Å². The lowest BCUT2D eigenvalue weighted by molar-refractivity contribution is 0.407. The summed E-state index contributed by atoms with van der Waals surface area (Å²) in [7, 11) is 3.85. The van der Waals surface area contributed by atoms with Gasteiger partial charge in [0.1, 0.15) is 5.75 Å². The first-order valence-corrected chi connectivity index (χ1v) is 6.95. The van der Waals surface area contributed by atoms with Crippen LogP contribution in [0.3, 0.4) is 0 Å². The number of benzene rings is 1. The van der Waals surface area contributed by atoms with E-state index in [0.717, 1.165) is 12.2 Å². The van der Waals surface area contributed by atoms with E-state index >= 15 is 0 Å². The Labute approximate surface area is 117 Å². The summed E-state index contributed by atoms with van der Waals surface area (Å²) in [4.78, 5) is 2.30. The second-order valence-corrected chi connectivity index (χ2v) is 5.99. The number of rotatable bonds is 6. The first-order valence-electron chi connectivity index (χ1n) is 6.95. The maximum Gasteiger partial charge on any atom is 0.122 e. The molecule has 19 heavy (non-hydrogen) atoms. The molecule has 0 aromatic heterocycles. The van der Waals surface area contributed by atoms with Gasteiger partial charge >= 0.3 is 0 Å². The molecule has 0 unspecified atom stereocenters. The zero-order chi connectivity index (χ0) is 14.6. The Morgan fingerprint density at radius 1 is 1.32 bits per heavy atom. The van der Waals surface area contributed by atoms with Gasteiger partial charge in [-0.3, -0.25) is 0 Å². The molecule has 0 amide bonds. The number of nitrogens with two attached hydrogens (primary N) is 1. The Kier molecular flexibility index (Phi) is 5.24. The molecule has 0 radical (unpaired) electrons. The molecule has 3 heteroatoms. The second-order valence-electron chi connectivity index (χ2n) is 5.99. The van der Waals surface area contributed by atoms with Crippen molar-refractivity contribution in [2.24, 2.45) is 5.73 Å². The molecule has 1 aromatic carbocycles. The first kappa shape index (κ1) is 15.8. The topological polar surface area (TPSA) is 38.5 Å². The van der Waals surface area contributed by atoms with Crippen molar-refractivity contribution in [1.29, 1.82) is 0 Å². The van der Waals surface area contributed by atoms with Gasteiger partial charge in [0.2, 0.25) is 0 Å². The number of hydrogen-bond acceptors (Lipinski definition) is 3. The lowest BCUT2D eigenvalue weighted by Crippen LogP contribution is -2.42. The highest BCUT2D eigenvalue weighted by molar-refractivity contribution is 5.55. The standard InChI is InChI=1S/C16H28N2O/c1-12(2)14-11-13(7-8-15(14)19-6)18(5)16(3,4)9-10-17/h7-8,11-12H,9-10,17H2,1-6H3. The van der Waals surface area contributed by atoms with Crippen LogP contribution < -0.4 is 15.4 Å². The second kappa shape index (κ2) is 6.29. The van der Waals surface area contributed by atoms with Crippen molar-refractivity contribution in [3.05, 3.63) is 23.8 Å². The van der Waals surface area contributed by atoms with Gasteiger partial charge in [-0.1, -0.05) is 13.8 Å². The minimum absolute atomic E-state index is 0.0532. The molecule has 108 valence electrons. The number of hydrogen-bond donors (Lipinski definition) is 1. The van der Waals surface area contributed by atoms with Crippen molar-refractivity contribution in [3.8, 4) is 5.75 Å². The molecule has 0 spiro atoms. The molecule has 0 atom stereocenters. The normalized spacial score (nSPS) is 11.8. The SMILES string of the molecule is COc1ccc(N(C)C(C)(C)CCN)cc1C(C)C. The van der Waals surface area contributed by atoms with Crippen molar-refractivity contribution >= 4 is 5.69 Å². The maximum atomic E-state index is 5.71. The van der Waals surface area contributed by atoms with Crippen LogP contribution in [0.4, 0.5) is 5.69 Å². The molecule has 1 aromatic rings. The van der Waals surface area contributed by atoms with Crippen LogP contribution in [-0.4, -0.2) is 26.2 Å². The summed E-state index contributed by atoms with van der Waals surface area (Å²) >= 11 is 0. The van der Waals surface area contributed by atoms with Crippen LogP contribution in [-0.2, 0) is 0 Å². The van der Waals surface area contributed by atoms with Crippen molar-refractivity contribution in [1.82, 2.24) is 0 Å². The number of nitrogens with zero attached hydrogens (tertiary/aromatic N) is 1. The molecule has 0 saturated carbocycles. The van der Waals surface area contributed by atoms with Crippen LogP contribution in [0.5, 0.6) is 5.75 Å². The molecule has 1 rings (SSSR count). The Balaban J connectivity index is 3.11. The van der Waals surface area contributed by atoms with Gasteiger partial charge in [0.25, 0.3) is 0 Å². The fraction of sp³-hybridized carbons (Fsp3) is 0.625. The van der Waals surface area contributed by atoms with E-state index in [1.165, 1.54) is 11.3 Å². The molecule has 0 aliphatic heterocycles. The average molecular weight is 264 g/mol. The van der Waals surface area contributed by atoms with E-state index in [-0.39, 0.29) is 5.54 Å². The quantitative estimate of drug-likeness (QED) is 0.856. The summed E-state index contributed by atoms with van der Waals surface area (Å²) in [5, 5.41) is 0. The van der Waals surface area contributed by atoms with Gasteiger partial charge < -0.3 is 15.4 Å². The highest BCUT2D eigenvalue weighted by Gasteiger charge is 2.23. The van der Waals surface area contributed by atoms with Gasteiger partial charge in [0, 0.05) is 18.3 Å². The Morgan fingerprint density at radius 3 is 2.42 bits per heavy atom. The van der Waals surface area contributed by atoms with Crippen LogP contribution in [0.2, 0.25) is 0 Å². The monoisotopic (exact) mass is 264 g/mol. The van der Waals surface area contributed by atoms with Crippen molar-refractivity contribution in [2.45, 2.75) is 45.6 Å². The lowest BCUT2D eigenvalue weighted by Gasteiger charge is -2.38. The fourth-order valence-electron chi connectivity index (χ4n) is 2.25. The van der Waals surface area contributed by atoms with E-state index in [9.17, 15) is 0 Å². The summed E-state index contributed by atoms with van der Waals surface area (Å²) in [6, 6.07) is 6.39. The highest BCUT2D eigenvalue weighted by atomic mass is 16.5. The van der Waals surface area contributed by atoms with Crippen molar-refractivity contribution in [2.75, 3.05) is 25.6 Å². The van der Waals surface area contributed by atoms with E-state index in [1.54, 1.807) is 7.11 Å². The molecular weight excluding hydrogens is 236 g/mol. The third-order valence-electron chi connectivity index (χ3n) is 3.89. The summed E-state index contributed by atoms with van der Waals surface area (Å²) in [5.41, 5.74) is 8.22. The molecule has 2 N–H and O–H groups in total. The molecule has 0 aliphatic carbocycles. The van der Waals surface area contributed by atoms with Gasteiger partial charge in [-0.15, -0.1) is 0 Å². The Hall–Kier alpha value is -1.22. The van der Waals surface area contributed by atoms with E-state index in [0.29, 0.717) is 12.5 Å². The maximum absolute atomic E-state index is 5.71. The average Bonchev–Trinajstić information content (AvgIpc) is 2.36. The summed E-state index contributed by atoms with van der Waals surface area (Å²) < 4.78 is 5.44. The molecule has 0 heterocycles. The Bertz CT molecular complexity index is 413. The van der Waals surface area contributed by atoms with Crippen LogP contribution >= 0.6 is 0 Å². The van der Waals surface area contributed by atoms with Crippen LogP contribution in [0.25, 0.3) is 0 Å². The number of ether oxygens (including phenoxy) is 1. The zero-order valence-electron chi connectivity index (χ0n) is 13.2. The molecule has 0 bridgehead atoms. The predicted molar refractivity (Wildman–Crippen MR) is 83.2 cm³/mol. The van der Waals surface area contributed by atoms with E-state index in [2.05, 4.69) is 57.8 Å². The summed E-state index contributed by atoms with van der Waals surface area (Å²) in [5.74, 6) is 1.41. The minimum Gasteiger partial charge on any atom is -0.496 e. The summed E-state index contributed by atoms with van der Waals surface area (Å²) in [6.07, 6.45) is 0.965. The number of anilines is 1. The molecule has 0 fully saturated rings. The molecule has 0 aliphatic rings. The van der Waals surface area contributed by atoms with Crippen molar-refractivity contribution in [3.63, 3.8) is 0 Å². The zero-order valence-corrected chi connectivity index (χ0v) is 13.2. The van der Waals surface area contributed by atoms with E-state index in [4.69, 9.17) is 10.5 Å². The van der Waals surface area contributed by atoms with Gasteiger partial charge in [0.05, 0.1) is 7.11 Å². The largest absolute Gasteiger partial charge is 0.496 e. The summed E-state index contributed by atoms with van der Waals surface area (Å²) in [6.45, 7) is 9.52. The minimum atomic E-state index is 0.0532. The number of methoxy groups -OCH3 is 1. The van der Waals surface area contributed by atoms with Gasteiger partial charge in [-0.25, -0.2) is 0 Å². The third kappa shape index (κ3) is 3.63. The molecular formula is C16H28N2O. The van der Waals surface area contributed by atoms with Crippen LogP contribution in [0.1, 0.15) is 45.6 Å². The fourth-order valence-corrected chi connectivity index (χ4v) is 2.25. The Morgan fingerprint density at radius 2 is 1.95 bits per heavy atom. The van der Waals surface area contributed by atoms with Crippen LogP contribution in [0, 0.1) is 0 Å². The highest BCUT2D eigenvalue weighted by Crippen LogP contribution is 2.33. The van der Waals surface area contributed by atoms with Gasteiger partial charge in [-0.05, 0) is 56.5 Å². The van der Waals surface area contributed by atoms with E-state index in [1.807, 2.05) is 0 Å². The first-order chi connectivity index (χ1) is 8.83. The molecule has 3 nitrogen and oxygen atoms in total. The van der Waals surface area contributed by atoms with E-state index < -0.39 is 0 Å². The third-order valence-corrected chi connectivity index (χ3v) is 3.89. The lowest BCUT2D eigenvalue weighted by atomic mass is 9.96. The van der Waals surface area contributed by atoms with Gasteiger partial charge in [-0.2, -0.15) is 0 Å². The van der Waals surface area contributed by atoms with Crippen molar-refractivity contribution < 1.29 is 4.74 Å².